The van der Waals surface area contributed by atoms with E-state index in [1.54, 1.807) is 37.5 Å². The normalized spacial score (nSPS) is 18.6. The quantitative estimate of drug-likeness (QED) is 0.413. The second kappa shape index (κ2) is 10.6. The third-order valence-electron chi connectivity index (χ3n) is 6.94. The number of hydrogen-bond donors (Lipinski definition) is 2. The van der Waals surface area contributed by atoms with Crippen molar-refractivity contribution < 1.29 is 19.1 Å². The Morgan fingerprint density at radius 2 is 1.81 bits per heavy atom. The Morgan fingerprint density at radius 1 is 1.03 bits per heavy atom. The average molecular weight is 503 g/mol. The standard InChI is InChI=1S/C29H30N2O4S/c1-34-21-13-11-20(12-14-21)27(32)30-24(18-22-8-7-17-36-22)28(33)31-25-19-29(15-5-2-6-16-29)35-26-10-4-3-9-23(25)26/h3-4,7-14,17-18,25H,2,5-6,15-16,19H2,1H3,(H,30,32)(H,31,33)/b24-18-. The van der Waals surface area contributed by atoms with Crippen LogP contribution in [0.25, 0.3) is 6.08 Å². The summed E-state index contributed by atoms with van der Waals surface area (Å²) in [6, 6.07) is 18.4. The summed E-state index contributed by atoms with van der Waals surface area (Å²) >= 11 is 1.50. The summed E-state index contributed by atoms with van der Waals surface area (Å²) in [4.78, 5) is 27.5. The van der Waals surface area contributed by atoms with Crippen LogP contribution in [0.1, 0.15) is 65.4 Å². The van der Waals surface area contributed by atoms with Crippen molar-refractivity contribution in [1.82, 2.24) is 10.6 Å². The topological polar surface area (TPSA) is 76.7 Å². The van der Waals surface area contributed by atoms with Crippen LogP contribution >= 0.6 is 11.3 Å². The van der Waals surface area contributed by atoms with Crippen molar-refractivity contribution in [2.24, 2.45) is 0 Å². The van der Waals surface area contributed by atoms with E-state index in [1.807, 2.05) is 41.8 Å². The Balaban J connectivity index is 1.40. The van der Waals surface area contributed by atoms with Crippen molar-refractivity contribution in [3.05, 3.63) is 87.7 Å². The Bertz CT molecular complexity index is 1240. The van der Waals surface area contributed by atoms with Crippen LogP contribution in [-0.2, 0) is 4.79 Å². The van der Waals surface area contributed by atoms with Crippen molar-refractivity contribution in [2.45, 2.75) is 50.2 Å². The monoisotopic (exact) mass is 502 g/mol. The summed E-state index contributed by atoms with van der Waals surface area (Å²) in [5.74, 6) is 0.820. The first-order valence-electron chi connectivity index (χ1n) is 12.3. The van der Waals surface area contributed by atoms with E-state index in [-0.39, 0.29) is 29.2 Å². The second-order valence-corrected chi connectivity index (χ2v) is 10.3. The summed E-state index contributed by atoms with van der Waals surface area (Å²) in [5, 5.41) is 7.99. The Kier molecular flexibility index (Phi) is 7.09. The zero-order valence-corrected chi connectivity index (χ0v) is 21.1. The summed E-state index contributed by atoms with van der Waals surface area (Å²) < 4.78 is 11.7. The van der Waals surface area contributed by atoms with Gasteiger partial charge in [0.25, 0.3) is 11.8 Å². The fraction of sp³-hybridized carbons (Fsp3) is 0.310. The van der Waals surface area contributed by atoms with Crippen molar-refractivity contribution >= 4 is 29.2 Å². The van der Waals surface area contributed by atoms with Crippen LogP contribution in [0.2, 0.25) is 0 Å². The third-order valence-corrected chi connectivity index (χ3v) is 7.76. The predicted molar refractivity (Wildman–Crippen MR) is 141 cm³/mol. The number of ether oxygens (including phenoxy) is 2. The van der Waals surface area contributed by atoms with Gasteiger partial charge in [0, 0.05) is 22.4 Å². The molecule has 1 unspecified atom stereocenters. The van der Waals surface area contributed by atoms with E-state index in [4.69, 9.17) is 9.47 Å². The number of rotatable bonds is 6. The van der Waals surface area contributed by atoms with Crippen LogP contribution in [0.4, 0.5) is 0 Å². The molecule has 2 amide bonds. The highest BCUT2D eigenvalue weighted by Gasteiger charge is 2.42. The molecule has 1 aliphatic carbocycles. The van der Waals surface area contributed by atoms with Crippen molar-refractivity contribution in [3.63, 3.8) is 0 Å². The number of para-hydroxylation sites is 1. The van der Waals surface area contributed by atoms with E-state index in [2.05, 4.69) is 10.6 Å². The average Bonchev–Trinajstić information content (AvgIpc) is 3.42. The van der Waals surface area contributed by atoms with Crippen LogP contribution in [0.3, 0.4) is 0 Å². The zero-order valence-electron chi connectivity index (χ0n) is 20.3. The third kappa shape index (κ3) is 5.31. The maximum absolute atomic E-state index is 13.6. The fourth-order valence-electron chi connectivity index (χ4n) is 5.10. The number of fused-ring (bicyclic) bond motifs is 1. The Labute approximate surface area is 215 Å². The highest BCUT2D eigenvalue weighted by Crippen LogP contribution is 2.46. The Morgan fingerprint density at radius 3 is 2.53 bits per heavy atom. The molecule has 1 aromatic heterocycles. The molecular formula is C29H30N2O4S. The number of hydrogen-bond acceptors (Lipinski definition) is 5. The number of amides is 2. The lowest BCUT2D eigenvalue weighted by atomic mass is 9.77. The number of carbonyl (C=O) groups excluding carboxylic acids is 2. The highest BCUT2D eigenvalue weighted by atomic mass is 32.1. The maximum Gasteiger partial charge on any atom is 0.268 e. The number of methoxy groups -OCH3 is 1. The van der Waals surface area contributed by atoms with Crippen LogP contribution < -0.4 is 20.1 Å². The van der Waals surface area contributed by atoms with Crippen molar-refractivity contribution in [1.29, 1.82) is 0 Å². The number of thiophene rings is 1. The number of nitrogens with one attached hydrogen (secondary N) is 2. The molecule has 36 heavy (non-hydrogen) atoms. The van der Waals surface area contributed by atoms with Gasteiger partial charge in [-0.2, -0.15) is 0 Å². The van der Waals surface area contributed by atoms with E-state index in [1.165, 1.54) is 17.8 Å². The summed E-state index contributed by atoms with van der Waals surface area (Å²) in [6.07, 6.45) is 7.89. The van der Waals surface area contributed by atoms with Gasteiger partial charge in [0.05, 0.1) is 13.2 Å². The molecule has 6 nitrogen and oxygen atoms in total. The molecule has 3 aromatic rings. The van der Waals surface area contributed by atoms with Crippen LogP contribution in [0.15, 0.2) is 71.7 Å². The largest absolute Gasteiger partial charge is 0.497 e. The minimum Gasteiger partial charge on any atom is -0.497 e. The van der Waals surface area contributed by atoms with E-state index in [0.717, 1.165) is 41.9 Å². The van der Waals surface area contributed by atoms with Gasteiger partial charge in [-0.3, -0.25) is 9.59 Å². The molecular weight excluding hydrogens is 472 g/mol. The van der Waals surface area contributed by atoms with Crippen LogP contribution in [0.5, 0.6) is 11.5 Å². The van der Waals surface area contributed by atoms with E-state index < -0.39 is 0 Å². The minimum absolute atomic E-state index is 0.204. The van der Waals surface area contributed by atoms with Gasteiger partial charge in [-0.1, -0.05) is 30.7 Å². The van der Waals surface area contributed by atoms with Gasteiger partial charge < -0.3 is 20.1 Å². The van der Waals surface area contributed by atoms with Gasteiger partial charge >= 0.3 is 0 Å². The molecule has 5 rings (SSSR count). The molecule has 1 spiro atoms. The van der Waals surface area contributed by atoms with Gasteiger partial charge in [-0.05, 0) is 73.5 Å². The lowest BCUT2D eigenvalue weighted by molar-refractivity contribution is -0.119. The van der Waals surface area contributed by atoms with Crippen LogP contribution in [0, 0.1) is 0 Å². The van der Waals surface area contributed by atoms with E-state index in [9.17, 15) is 9.59 Å². The first-order chi connectivity index (χ1) is 17.5. The maximum atomic E-state index is 13.6. The van der Waals surface area contributed by atoms with Crippen molar-refractivity contribution in [2.75, 3.05) is 7.11 Å². The zero-order chi connectivity index (χ0) is 25.0. The molecule has 2 N–H and O–H groups in total. The SMILES string of the molecule is COc1ccc(C(=O)N/C(=C\c2cccs2)C(=O)NC2CC3(CCCCC3)Oc3ccccc32)cc1. The molecule has 1 aliphatic heterocycles. The molecule has 1 saturated carbocycles. The Hall–Kier alpha value is -3.58. The molecule has 2 heterocycles. The van der Waals surface area contributed by atoms with E-state index >= 15 is 0 Å². The summed E-state index contributed by atoms with van der Waals surface area (Å²) in [5.41, 5.74) is 1.37. The molecule has 0 radical (unpaired) electrons. The summed E-state index contributed by atoms with van der Waals surface area (Å²) in [7, 11) is 1.58. The molecule has 186 valence electrons. The van der Waals surface area contributed by atoms with E-state index in [0.29, 0.717) is 17.7 Å². The molecule has 1 fully saturated rings. The lowest BCUT2D eigenvalue weighted by Crippen LogP contribution is -2.47. The molecule has 1 atom stereocenters. The molecule has 7 heteroatoms. The van der Waals surface area contributed by atoms with Gasteiger partial charge in [0.2, 0.25) is 0 Å². The van der Waals surface area contributed by atoms with Crippen molar-refractivity contribution in [3.8, 4) is 11.5 Å². The minimum atomic E-state index is -0.355. The van der Waals surface area contributed by atoms with Gasteiger partial charge in [-0.15, -0.1) is 11.3 Å². The molecule has 2 aromatic carbocycles. The fourth-order valence-corrected chi connectivity index (χ4v) is 5.75. The van der Waals surface area contributed by atoms with Crippen LogP contribution in [-0.4, -0.2) is 24.5 Å². The predicted octanol–water partition coefficient (Wildman–Crippen LogP) is 5.87. The van der Waals surface area contributed by atoms with Gasteiger partial charge in [-0.25, -0.2) is 0 Å². The molecule has 0 saturated heterocycles. The second-order valence-electron chi connectivity index (χ2n) is 9.37. The molecule has 2 aliphatic rings. The van der Waals surface area contributed by atoms with Gasteiger partial charge in [0.1, 0.15) is 22.8 Å². The first-order valence-corrected chi connectivity index (χ1v) is 13.2. The smallest absolute Gasteiger partial charge is 0.268 e. The molecule has 0 bridgehead atoms. The van der Waals surface area contributed by atoms with Gasteiger partial charge in [0.15, 0.2) is 0 Å². The first kappa shape index (κ1) is 24.1. The highest BCUT2D eigenvalue weighted by molar-refractivity contribution is 7.10. The summed E-state index contributed by atoms with van der Waals surface area (Å²) in [6.45, 7) is 0. The lowest BCUT2D eigenvalue weighted by Gasteiger charge is -2.44. The number of benzene rings is 2. The number of carbonyl (C=O) groups is 2.